The van der Waals surface area contributed by atoms with Gasteiger partial charge in [-0.1, -0.05) is 6.07 Å². The molecular formula is C17H16N2O7. The van der Waals surface area contributed by atoms with Gasteiger partial charge >= 0.3 is 5.97 Å². The lowest BCUT2D eigenvalue weighted by molar-refractivity contribution is -0.384. The van der Waals surface area contributed by atoms with Crippen molar-refractivity contribution in [2.75, 3.05) is 26.1 Å². The van der Waals surface area contributed by atoms with Gasteiger partial charge < -0.3 is 19.5 Å². The number of esters is 1. The number of carbonyl (C=O) groups excluding carboxylic acids is 2. The van der Waals surface area contributed by atoms with E-state index in [4.69, 9.17) is 14.2 Å². The number of nitro benzene ring substituents is 1. The van der Waals surface area contributed by atoms with Crippen LogP contribution in [0.4, 0.5) is 11.4 Å². The third kappa shape index (κ3) is 4.69. The molecule has 0 radical (unpaired) electrons. The average molecular weight is 360 g/mol. The van der Waals surface area contributed by atoms with Gasteiger partial charge in [-0.15, -0.1) is 0 Å². The summed E-state index contributed by atoms with van der Waals surface area (Å²) >= 11 is 0. The van der Waals surface area contributed by atoms with Crippen molar-refractivity contribution in [3.05, 3.63) is 58.1 Å². The highest BCUT2D eigenvalue weighted by Gasteiger charge is 2.14. The molecule has 0 unspecified atom stereocenters. The molecule has 0 aliphatic carbocycles. The maximum atomic E-state index is 12.0. The van der Waals surface area contributed by atoms with Crippen molar-refractivity contribution in [3.8, 4) is 11.5 Å². The molecule has 9 heteroatoms. The summed E-state index contributed by atoms with van der Waals surface area (Å²) < 4.78 is 15.1. The van der Waals surface area contributed by atoms with Gasteiger partial charge in [0.15, 0.2) is 18.1 Å². The van der Waals surface area contributed by atoms with Gasteiger partial charge in [0.1, 0.15) is 0 Å². The van der Waals surface area contributed by atoms with E-state index in [0.717, 1.165) is 0 Å². The number of amides is 1. The molecule has 0 spiro atoms. The molecule has 9 nitrogen and oxygen atoms in total. The van der Waals surface area contributed by atoms with Crippen LogP contribution >= 0.6 is 0 Å². The van der Waals surface area contributed by atoms with E-state index >= 15 is 0 Å². The lowest BCUT2D eigenvalue weighted by Crippen LogP contribution is -2.21. The topological polar surface area (TPSA) is 117 Å². The number of methoxy groups -OCH3 is 2. The predicted octanol–water partition coefficient (Wildman–Crippen LogP) is 2.41. The summed E-state index contributed by atoms with van der Waals surface area (Å²) in [6.07, 6.45) is 0. The second-order valence-electron chi connectivity index (χ2n) is 5.00. The number of carbonyl (C=O) groups is 2. The maximum absolute atomic E-state index is 12.0. The molecule has 0 saturated carbocycles. The highest BCUT2D eigenvalue weighted by molar-refractivity contribution is 5.95. The minimum absolute atomic E-state index is 0.162. The number of ether oxygens (including phenoxy) is 3. The molecule has 0 aliphatic heterocycles. The van der Waals surface area contributed by atoms with Gasteiger partial charge in [0.2, 0.25) is 0 Å². The van der Waals surface area contributed by atoms with Crippen LogP contribution in [0, 0.1) is 10.1 Å². The Morgan fingerprint density at radius 2 is 1.81 bits per heavy atom. The minimum atomic E-state index is -0.722. The van der Waals surface area contributed by atoms with Crippen molar-refractivity contribution in [3.63, 3.8) is 0 Å². The van der Waals surface area contributed by atoms with E-state index in [0.29, 0.717) is 11.5 Å². The normalized spacial score (nSPS) is 9.92. The van der Waals surface area contributed by atoms with Crippen molar-refractivity contribution in [2.24, 2.45) is 0 Å². The molecule has 0 atom stereocenters. The molecule has 136 valence electrons. The summed E-state index contributed by atoms with van der Waals surface area (Å²) in [4.78, 5) is 34.0. The Hall–Kier alpha value is -3.62. The summed E-state index contributed by atoms with van der Waals surface area (Å²) in [5.74, 6) is -0.546. The number of nitrogens with zero attached hydrogens (tertiary/aromatic N) is 1. The molecule has 2 rings (SSSR count). The van der Waals surface area contributed by atoms with Crippen LogP contribution in [-0.4, -0.2) is 37.6 Å². The summed E-state index contributed by atoms with van der Waals surface area (Å²) in [7, 11) is 2.90. The summed E-state index contributed by atoms with van der Waals surface area (Å²) in [5, 5.41) is 13.1. The van der Waals surface area contributed by atoms with Crippen molar-refractivity contribution < 1.29 is 28.7 Å². The number of hydrogen-bond donors (Lipinski definition) is 1. The molecule has 1 N–H and O–H groups in total. The Labute approximate surface area is 148 Å². The van der Waals surface area contributed by atoms with E-state index in [9.17, 15) is 19.7 Å². The van der Waals surface area contributed by atoms with Crippen LogP contribution in [0.2, 0.25) is 0 Å². The molecule has 0 bridgehead atoms. The van der Waals surface area contributed by atoms with E-state index in [1.165, 1.54) is 50.6 Å². The molecule has 0 aliphatic rings. The van der Waals surface area contributed by atoms with Crippen LogP contribution in [0.1, 0.15) is 10.4 Å². The predicted molar refractivity (Wildman–Crippen MR) is 91.6 cm³/mol. The van der Waals surface area contributed by atoms with Gasteiger partial charge in [-0.2, -0.15) is 0 Å². The fourth-order valence-electron chi connectivity index (χ4n) is 2.07. The smallest absolute Gasteiger partial charge is 0.338 e. The third-order valence-electron chi connectivity index (χ3n) is 3.29. The van der Waals surface area contributed by atoms with E-state index in [2.05, 4.69) is 5.32 Å². The van der Waals surface area contributed by atoms with Crippen LogP contribution in [0.25, 0.3) is 0 Å². The van der Waals surface area contributed by atoms with Gasteiger partial charge in [0.25, 0.3) is 11.6 Å². The lowest BCUT2D eigenvalue weighted by Gasteiger charge is -2.10. The number of rotatable bonds is 7. The van der Waals surface area contributed by atoms with Crippen molar-refractivity contribution in [2.45, 2.75) is 0 Å². The van der Waals surface area contributed by atoms with Crippen molar-refractivity contribution in [1.29, 1.82) is 0 Å². The Morgan fingerprint density at radius 3 is 2.46 bits per heavy atom. The zero-order chi connectivity index (χ0) is 19.1. The largest absolute Gasteiger partial charge is 0.493 e. The first-order chi connectivity index (χ1) is 12.4. The zero-order valence-corrected chi connectivity index (χ0v) is 14.1. The van der Waals surface area contributed by atoms with Crippen LogP contribution in [0.15, 0.2) is 42.5 Å². The monoisotopic (exact) mass is 360 g/mol. The lowest BCUT2D eigenvalue weighted by atomic mass is 10.2. The summed E-state index contributed by atoms with van der Waals surface area (Å²) in [6.45, 7) is -0.546. The van der Waals surface area contributed by atoms with Gasteiger partial charge in [0.05, 0.1) is 24.7 Å². The standard InChI is InChI=1S/C17H16N2O7/c1-24-14-7-6-11(8-15(14)25-2)17(21)26-10-16(20)18-12-4-3-5-13(9-12)19(22)23/h3-9H,10H2,1-2H3,(H,18,20). The molecule has 2 aromatic rings. The number of hydrogen-bond acceptors (Lipinski definition) is 7. The van der Waals surface area contributed by atoms with Crippen molar-refractivity contribution >= 4 is 23.3 Å². The molecule has 0 fully saturated rings. The Balaban J connectivity index is 1.95. The van der Waals surface area contributed by atoms with Gasteiger partial charge in [-0.25, -0.2) is 4.79 Å². The minimum Gasteiger partial charge on any atom is -0.493 e. The van der Waals surface area contributed by atoms with Crippen LogP contribution in [-0.2, 0) is 9.53 Å². The molecule has 2 aromatic carbocycles. The molecular weight excluding hydrogens is 344 g/mol. The zero-order valence-electron chi connectivity index (χ0n) is 14.1. The van der Waals surface area contributed by atoms with Crippen LogP contribution in [0.3, 0.4) is 0 Å². The number of nitrogens with one attached hydrogen (secondary N) is 1. The van der Waals surface area contributed by atoms with Gasteiger partial charge in [0, 0.05) is 17.8 Å². The van der Waals surface area contributed by atoms with Gasteiger partial charge in [-0.3, -0.25) is 14.9 Å². The fraction of sp³-hybridized carbons (Fsp3) is 0.176. The number of nitro groups is 1. The Kier molecular flexibility index (Phi) is 6.10. The Morgan fingerprint density at radius 1 is 1.08 bits per heavy atom. The van der Waals surface area contributed by atoms with E-state index in [-0.39, 0.29) is 16.9 Å². The first-order valence-corrected chi connectivity index (χ1v) is 7.38. The molecule has 0 aromatic heterocycles. The highest BCUT2D eigenvalue weighted by atomic mass is 16.6. The first-order valence-electron chi connectivity index (χ1n) is 7.38. The molecule has 26 heavy (non-hydrogen) atoms. The second-order valence-corrected chi connectivity index (χ2v) is 5.00. The van der Waals surface area contributed by atoms with E-state index in [1.807, 2.05) is 0 Å². The third-order valence-corrected chi connectivity index (χ3v) is 3.29. The second kappa shape index (κ2) is 8.47. The average Bonchev–Trinajstić information content (AvgIpc) is 2.65. The van der Waals surface area contributed by atoms with E-state index < -0.39 is 23.4 Å². The number of non-ortho nitro benzene ring substituents is 1. The van der Waals surface area contributed by atoms with Crippen LogP contribution in [0.5, 0.6) is 11.5 Å². The number of benzene rings is 2. The van der Waals surface area contributed by atoms with Gasteiger partial charge in [-0.05, 0) is 24.3 Å². The fourth-order valence-corrected chi connectivity index (χ4v) is 2.07. The highest BCUT2D eigenvalue weighted by Crippen LogP contribution is 2.27. The van der Waals surface area contributed by atoms with Crippen LogP contribution < -0.4 is 14.8 Å². The number of anilines is 1. The quantitative estimate of drug-likeness (QED) is 0.458. The molecule has 1 amide bonds. The molecule has 0 saturated heterocycles. The first kappa shape index (κ1) is 18.7. The summed E-state index contributed by atoms with van der Waals surface area (Å²) in [5.41, 5.74) is 0.252. The molecule has 0 heterocycles. The SMILES string of the molecule is COc1ccc(C(=O)OCC(=O)Nc2cccc([N+](=O)[O-])c2)cc1OC. The summed E-state index contributed by atoms with van der Waals surface area (Å²) in [6, 6.07) is 9.87. The van der Waals surface area contributed by atoms with E-state index in [1.54, 1.807) is 6.07 Å². The maximum Gasteiger partial charge on any atom is 0.338 e. The Bertz CT molecular complexity index is 836. The van der Waals surface area contributed by atoms with Crippen molar-refractivity contribution in [1.82, 2.24) is 0 Å².